The van der Waals surface area contributed by atoms with Gasteiger partial charge in [0.25, 0.3) is 5.92 Å². The van der Waals surface area contributed by atoms with Crippen LogP contribution in [0.3, 0.4) is 0 Å². The van der Waals surface area contributed by atoms with Crippen LogP contribution in [-0.4, -0.2) is 51.4 Å². The lowest BCUT2D eigenvalue weighted by Crippen LogP contribution is -2.56. The first-order valence-electron chi connectivity index (χ1n) is 6.24. The van der Waals surface area contributed by atoms with E-state index in [-0.39, 0.29) is 0 Å². The number of rotatable bonds is 6. The van der Waals surface area contributed by atoms with Gasteiger partial charge in [0.1, 0.15) is 6.10 Å². The topological polar surface area (TPSA) is 121 Å². The Morgan fingerprint density at radius 2 is 1.48 bits per heavy atom. The number of carbonyl (C=O) groups is 3. The summed E-state index contributed by atoms with van der Waals surface area (Å²) >= 11 is 0. The summed E-state index contributed by atoms with van der Waals surface area (Å²) in [6.07, 6.45) is -5.55. The molecule has 0 amide bonds. The third-order valence-corrected chi connectivity index (χ3v) is 3.59. The largest absolute Gasteiger partial charge is 0.481 e. The lowest BCUT2D eigenvalue weighted by atomic mass is 9.74. The summed E-state index contributed by atoms with van der Waals surface area (Å²) in [6, 6.07) is 0. The number of halogens is 2. The van der Waals surface area contributed by atoms with Gasteiger partial charge in [0, 0.05) is 11.8 Å². The maximum atomic E-state index is 14.3. The Kier molecular flexibility index (Phi) is 5.21. The van der Waals surface area contributed by atoms with Crippen LogP contribution in [0.25, 0.3) is 0 Å². The van der Waals surface area contributed by atoms with E-state index in [0.717, 1.165) is 0 Å². The van der Waals surface area contributed by atoms with Gasteiger partial charge in [-0.05, 0) is 6.92 Å². The maximum Gasteiger partial charge on any atom is 0.306 e. The van der Waals surface area contributed by atoms with E-state index in [1.54, 1.807) is 0 Å². The van der Waals surface area contributed by atoms with Crippen LogP contribution in [0.1, 0.15) is 26.2 Å². The Hall–Kier alpha value is -1.77. The van der Waals surface area contributed by atoms with E-state index >= 15 is 0 Å². The van der Waals surface area contributed by atoms with Crippen molar-refractivity contribution in [3.63, 3.8) is 0 Å². The summed E-state index contributed by atoms with van der Waals surface area (Å²) in [6.45, 7) is 1.34. The zero-order valence-electron chi connectivity index (χ0n) is 11.2. The fourth-order valence-electron chi connectivity index (χ4n) is 2.63. The van der Waals surface area contributed by atoms with Crippen LogP contribution in [0.2, 0.25) is 0 Å². The highest BCUT2D eigenvalue weighted by Gasteiger charge is 2.58. The highest BCUT2D eigenvalue weighted by Crippen LogP contribution is 2.46. The second-order valence-corrected chi connectivity index (χ2v) is 5.07. The Morgan fingerprint density at radius 3 is 1.90 bits per heavy atom. The molecule has 0 aromatic rings. The molecule has 0 unspecified atom stereocenters. The molecule has 21 heavy (non-hydrogen) atoms. The maximum absolute atomic E-state index is 14.3. The van der Waals surface area contributed by atoms with Gasteiger partial charge in [0.2, 0.25) is 0 Å². The highest BCUT2D eigenvalue weighted by atomic mass is 19.3. The molecule has 1 heterocycles. The molecule has 1 fully saturated rings. The summed E-state index contributed by atoms with van der Waals surface area (Å²) in [5, 5.41) is 26.2. The average Bonchev–Trinajstić information content (AvgIpc) is 2.29. The van der Waals surface area contributed by atoms with Crippen molar-refractivity contribution >= 4 is 17.9 Å². The molecule has 0 radical (unpaired) electrons. The first kappa shape index (κ1) is 17.3. The van der Waals surface area contributed by atoms with E-state index in [1.807, 2.05) is 0 Å². The monoisotopic (exact) mass is 310 g/mol. The van der Waals surface area contributed by atoms with Gasteiger partial charge in [0.05, 0.1) is 25.4 Å². The third kappa shape index (κ3) is 4.10. The molecule has 1 rings (SSSR count). The minimum Gasteiger partial charge on any atom is -0.481 e. The van der Waals surface area contributed by atoms with Gasteiger partial charge in [-0.2, -0.15) is 0 Å². The van der Waals surface area contributed by atoms with Gasteiger partial charge in [-0.1, -0.05) is 0 Å². The molecule has 1 aliphatic rings. The molecular weight excluding hydrogens is 294 g/mol. The SMILES string of the molecule is C[C@@H]1O[C@@H](CC(=O)O)C(F)(F)[C@H](CC(=O)O)[C@H]1CC(=O)O. The lowest BCUT2D eigenvalue weighted by Gasteiger charge is -2.45. The standard InChI is InChI=1S/C12H16F2O7/c1-5-6(2-9(15)16)7(3-10(17)18)12(13,14)8(21-5)4-11(19)20/h5-8H,2-4H2,1H3,(H,15,16)(H,17,18)(H,19,20)/t5-,6-,7+,8-/m0/s1. The molecule has 1 saturated heterocycles. The number of hydrogen-bond acceptors (Lipinski definition) is 4. The van der Waals surface area contributed by atoms with E-state index in [9.17, 15) is 23.2 Å². The van der Waals surface area contributed by atoms with Crippen LogP contribution in [0, 0.1) is 11.8 Å². The van der Waals surface area contributed by atoms with E-state index in [0.29, 0.717) is 0 Å². The minimum absolute atomic E-state index is 0.672. The number of hydrogen-bond donors (Lipinski definition) is 3. The van der Waals surface area contributed by atoms with Crippen molar-refractivity contribution in [3.05, 3.63) is 0 Å². The van der Waals surface area contributed by atoms with Gasteiger partial charge in [-0.25, -0.2) is 8.78 Å². The van der Waals surface area contributed by atoms with Crippen molar-refractivity contribution in [1.29, 1.82) is 0 Å². The van der Waals surface area contributed by atoms with Crippen molar-refractivity contribution in [2.24, 2.45) is 11.8 Å². The minimum atomic E-state index is -3.73. The average molecular weight is 310 g/mol. The molecule has 0 bridgehead atoms. The molecule has 9 heteroatoms. The van der Waals surface area contributed by atoms with Crippen LogP contribution in [-0.2, 0) is 19.1 Å². The predicted octanol–water partition coefficient (Wildman–Crippen LogP) is 1.07. The third-order valence-electron chi connectivity index (χ3n) is 3.59. The van der Waals surface area contributed by atoms with Gasteiger partial charge in [0.15, 0.2) is 0 Å². The summed E-state index contributed by atoms with van der Waals surface area (Å²) in [7, 11) is 0. The summed E-state index contributed by atoms with van der Waals surface area (Å²) in [4.78, 5) is 32.2. The normalized spacial score (nSPS) is 31.6. The number of ether oxygens (including phenoxy) is 1. The number of carboxylic acids is 3. The summed E-state index contributed by atoms with van der Waals surface area (Å²) in [5.41, 5.74) is 0. The fraction of sp³-hybridized carbons (Fsp3) is 0.750. The molecule has 0 saturated carbocycles. The van der Waals surface area contributed by atoms with Crippen molar-refractivity contribution in [2.45, 2.75) is 44.3 Å². The van der Waals surface area contributed by atoms with Gasteiger partial charge in [-0.3, -0.25) is 14.4 Å². The lowest BCUT2D eigenvalue weighted by molar-refractivity contribution is -0.255. The van der Waals surface area contributed by atoms with Crippen LogP contribution >= 0.6 is 0 Å². The van der Waals surface area contributed by atoms with Crippen LogP contribution in [0.4, 0.5) is 8.78 Å². The van der Waals surface area contributed by atoms with Crippen LogP contribution in [0.15, 0.2) is 0 Å². The number of aliphatic carboxylic acids is 3. The molecular formula is C12H16F2O7. The first-order valence-corrected chi connectivity index (χ1v) is 6.24. The Labute approximate surface area is 118 Å². The smallest absolute Gasteiger partial charge is 0.306 e. The Morgan fingerprint density at radius 1 is 1.00 bits per heavy atom. The second kappa shape index (κ2) is 6.33. The molecule has 3 N–H and O–H groups in total. The molecule has 7 nitrogen and oxygen atoms in total. The van der Waals surface area contributed by atoms with Crippen molar-refractivity contribution in [2.75, 3.05) is 0 Å². The van der Waals surface area contributed by atoms with E-state index in [4.69, 9.17) is 20.1 Å². The van der Waals surface area contributed by atoms with Gasteiger partial charge in [-0.15, -0.1) is 0 Å². The summed E-state index contributed by atoms with van der Waals surface area (Å²) in [5.74, 6) is -11.1. The van der Waals surface area contributed by atoms with Crippen LogP contribution in [0.5, 0.6) is 0 Å². The quantitative estimate of drug-likeness (QED) is 0.670. The summed E-state index contributed by atoms with van der Waals surface area (Å²) < 4.78 is 33.5. The molecule has 1 aliphatic heterocycles. The first-order chi connectivity index (χ1) is 9.55. The molecule has 120 valence electrons. The van der Waals surface area contributed by atoms with Crippen molar-refractivity contribution < 1.29 is 43.2 Å². The highest BCUT2D eigenvalue weighted by molar-refractivity contribution is 5.70. The van der Waals surface area contributed by atoms with Crippen LogP contribution < -0.4 is 0 Å². The molecule has 4 atom stereocenters. The Bertz CT molecular complexity index is 437. The van der Waals surface area contributed by atoms with Crippen molar-refractivity contribution in [1.82, 2.24) is 0 Å². The van der Waals surface area contributed by atoms with E-state index in [2.05, 4.69) is 0 Å². The molecule has 0 aliphatic carbocycles. The molecule has 0 aromatic carbocycles. The van der Waals surface area contributed by atoms with E-state index in [1.165, 1.54) is 6.92 Å². The zero-order chi connectivity index (χ0) is 16.4. The van der Waals surface area contributed by atoms with Crippen molar-refractivity contribution in [3.8, 4) is 0 Å². The van der Waals surface area contributed by atoms with E-state index < -0.39 is 67.1 Å². The number of carboxylic acid groups (broad SMARTS) is 3. The molecule has 0 spiro atoms. The fourth-order valence-corrected chi connectivity index (χ4v) is 2.63. The zero-order valence-corrected chi connectivity index (χ0v) is 11.2. The second-order valence-electron chi connectivity index (χ2n) is 5.07. The predicted molar refractivity (Wildman–Crippen MR) is 63.0 cm³/mol. The molecule has 0 aromatic heterocycles. The Balaban J connectivity index is 3.10. The van der Waals surface area contributed by atoms with Gasteiger partial charge < -0.3 is 20.1 Å². The van der Waals surface area contributed by atoms with Gasteiger partial charge >= 0.3 is 17.9 Å². The number of alkyl halides is 2.